The van der Waals surface area contributed by atoms with E-state index >= 15 is 0 Å². The van der Waals surface area contributed by atoms with Gasteiger partial charge in [0.15, 0.2) is 0 Å². The zero-order chi connectivity index (χ0) is 51.1. The van der Waals surface area contributed by atoms with Gasteiger partial charge in [-0.3, -0.25) is 9.59 Å². The monoisotopic (exact) mass is 1010 g/mol. The first-order chi connectivity index (χ1) is 33.7. The molecule has 0 bridgehead atoms. The number of anilines is 5. The molecular formula is C49H49F6N9O6S. The Morgan fingerprint density at radius 3 is 1.46 bits per heavy atom. The van der Waals surface area contributed by atoms with Crippen LogP contribution in [0, 0.1) is 13.8 Å². The minimum Gasteiger partial charge on any atom is -0.378 e. The van der Waals surface area contributed by atoms with Crippen molar-refractivity contribution in [3.05, 3.63) is 130 Å². The highest BCUT2D eigenvalue weighted by Crippen LogP contribution is 2.34. The van der Waals surface area contributed by atoms with Gasteiger partial charge in [-0.15, -0.1) is 0 Å². The molecular weight excluding hydrogens is 957 g/mol. The molecule has 0 atom stereocenters. The molecule has 0 unspecified atom stereocenters. The van der Waals surface area contributed by atoms with Gasteiger partial charge in [-0.1, -0.05) is 24.3 Å². The third-order valence-corrected chi connectivity index (χ3v) is 12.0. The third kappa shape index (κ3) is 13.4. The molecule has 71 heavy (non-hydrogen) atoms. The maximum Gasteiger partial charge on any atom is 0.416 e. The van der Waals surface area contributed by atoms with Gasteiger partial charge in [-0.05, 0) is 92.6 Å². The smallest absolute Gasteiger partial charge is 0.378 e. The highest BCUT2D eigenvalue weighted by atomic mass is 32.2. The van der Waals surface area contributed by atoms with Crippen LogP contribution in [0.15, 0.2) is 102 Å². The third-order valence-electron chi connectivity index (χ3n) is 11.2. The van der Waals surface area contributed by atoms with Crippen molar-refractivity contribution in [1.29, 1.82) is 0 Å². The Labute approximate surface area is 405 Å². The van der Waals surface area contributed by atoms with Crippen LogP contribution in [-0.2, 0) is 31.7 Å². The molecule has 0 spiro atoms. The molecule has 15 nitrogen and oxygen atoms in total. The van der Waals surface area contributed by atoms with E-state index in [1.54, 1.807) is 43.3 Å². The van der Waals surface area contributed by atoms with Crippen LogP contribution < -0.4 is 25.8 Å². The Bertz CT molecular complexity index is 3020. The van der Waals surface area contributed by atoms with Crippen LogP contribution in [0.4, 0.5) is 55.3 Å². The summed E-state index contributed by atoms with van der Waals surface area (Å²) in [7, 11) is -3.73. The van der Waals surface area contributed by atoms with Crippen LogP contribution in [0.1, 0.15) is 49.9 Å². The number of hydrogen-bond donors (Lipinski definition) is 3. The number of benzene rings is 4. The summed E-state index contributed by atoms with van der Waals surface area (Å²) in [4.78, 5) is 47.2. The summed E-state index contributed by atoms with van der Waals surface area (Å²) in [5.74, 6) is 0.346. The fourth-order valence-corrected chi connectivity index (χ4v) is 7.99. The van der Waals surface area contributed by atoms with Gasteiger partial charge in [0.25, 0.3) is 11.8 Å². The van der Waals surface area contributed by atoms with Gasteiger partial charge in [0.1, 0.15) is 11.6 Å². The first kappa shape index (κ1) is 51.7. The number of ether oxygens (including phenoxy) is 2. The number of aryl methyl sites for hydroxylation is 2. The summed E-state index contributed by atoms with van der Waals surface area (Å²) in [6.07, 6.45) is -8.08. The highest BCUT2D eigenvalue weighted by molar-refractivity contribution is 7.90. The number of halogens is 6. The molecule has 4 aromatic carbocycles. The van der Waals surface area contributed by atoms with E-state index in [2.05, 4.69) is 40.8 Å². The van der Waals surface area contributed by atoms with E-state index in [0.29, 0.717) is 99.2 Å². The molecule has 2 amide bonds. The molecule has 4 heterocycles. The number of nitrogens with zero attached hydrogens (tertiary/aromatic N) is 6. The molecule has 2 fully saturated rings. The number of carbonyl (C=O) groups is 2. The van der Waals surface area contributed by atoms with Gasteiger partial charge in [0, 0.05) is 84.7 Å². The topological polar surface area (TPSA) is 181 Å². The van der Waals surface area contributed by atoms with E-state index in [4.69, 9.17) is 9.47 Å². The van der Waals surface area contributed by atoms with E-state index in [-0.39, 0.29) is 16.3 Å². The number of sulfone groups is 1. The standard InChI is InChI=1S/C25H26F3N5O2.C24H23F3N4O4S/c1-3-29-24-31-21(15-22(32-24)33-9-11-35-12-10-33)20-14-19(8-7-16(20)2)30-23(34)17-5-4-6-18(13-17)25(26,27)28;1-15-6-7-18(28-22(32)16-4-3-5-17(12-16)24(25,26)27)13-19(15)20-14-21(31-8-10-35-11-9-31)30-23(29-20)36(2,33)34/h4-8,13-15H,3,9-12H2,1-2H3,(H,30,34)(H,29,31,32);3-7,12-14H,8-11H2,1-2H3,(H,28,32). The summed E-state index contributed by atoms with van der Waals surface area (Å²) in [5.41, 5.74) is 2.73. The second kappa shape index (κ2) is 21.9. The van der Waals surface area contributed by atoms with Crippen molar-refractivity contribution in [2.45, 2.75) is 38.3 Å². The fourth-order valence-electron chi connectivity index (χ4n) is 7.47. The summed E-state index contributed by atoms with van der Waals surface area (Å²) in [6.45, 7) is 11.0. The van der Waals surface area contributed by atoms with E-state index < -0.39 is 45.1 Å². The number of hydrogen-bond acceptors (Lipinski definition) is 13. The van der Waals surface area contributed by atoms with Crippen molar-refractivity contribution < 1.29 is 53.8 Å². The number of amides is 2. The van der Waals surface area contributed by atoms with Gasteiger partial charge in [-0.2, -0.15) is 31.3 Å². The summed E-state index contributed by atoms with van der Waals surface area (Å²) in [5, 5.41) is 8.13. The predicted octanol–water partition coefficient (Wildman–Crippen LogP) is 8.95. The molecule has 22 heteroatoms. The van der Waals surface area contributed by atoms with Crippen LogP contribution in [0.5, 0.6) is 0 Å². The number of carbonyl (C=O) groups excluding carboxylic acids is 2. The summed E-state index contributed by atoms with van der Waals surface area (Å²) in [6, 6.07) is 22.2. The van der Waals surface area contributed by atoms with Crippen molar-refractivity contribution in [3.8, 4) is 22.5 Å². The molecule has 2 aliphatic rings. The minimum absolute atomic E-state index is 0.0759. The van der Waals surface area contributed by atoms with Gasteiger partial charge in [0.2, 0.25) is 20.9 Å². The highest BCUT2D eigenvalue weighted by Gasteiger charge is 2.32. The van der Waals surface area contributed by atoms with E-state index in [9.17, 15) is 44.3 Å². The molecule has 2 saturated heterocycles. The molecule has 0 radical (unpaired) electrons. The van der Waals surface area contributed by atoms with Crippen molar-refractivity contribution >= 4 is 50.6 Å². The number of nitrogens with one attached hydrogen (secondary N) is 3. The van der Waals surface area contributed by atoms with Crippen molar-refractivity contribution in [2.24, 2.45) is 0 Å². The lowest BCUT2D eigenvalue weighted by Gasteiger charge is -2.28. The van der Waals surface area contributed by atoms with Crippen molar-refractivity contribution in [2.75, 3.05) is 91.2 Å². The average Bonchev–Trinajstić information content (AvgIpc) is 3.35. The molecule has 2 aromatic heterocycles. The lowest BCUT2D eigenvalue weighted by atomic mass is 10.0. The largest absolute Gasteiger partial charge is 0.416 e. The lowest BCUT2D eigenvalue weighted by Crippen LogP contribution is -2.37. The number of morpholine rings is 2. The maximum absolute atomic E-state index is 13.0. The van der Waals surface area contributed by atoms with E-state index in [1.807, 2.05) is 30.9 Å². The predicted molar refractivity (Wildman–Crippen MR) is 257 cm³/mol. The molecule has 0 saturated carbocycles. The average molecular weight is 1010 g/mol. The Hall–Kier alpha value is -7.17. The minimum atomic E-state index is -4.57. The van der Waals surface area contributed by atoms with Gasteiger partial charge in [-0.25, -0.2) is 23.4 Å². The number of rotatable bonds is 11. The van der Waals surface area contributed by atoms with Gasteiger partial charge < -0.3 is 35.2 Å². The van der Waals surface area contributed by atoms with Gasteiger partial charge in [0.05, 0.1) is 48.9 Å². The SMILES string of the molecule is CCNc1nc(-c2cc(NC(=O)c3cccc(C(F)(F)F)c3)ccc2C)cc(N2CCOCC2)n1.Cc1ccc(NC(=O)c2cccc(C(F)(F)F)c2)cc1-c1cc(N2CCOCC2)nc(S(C)(=O)=O)n1. The normalized spacial score (nSPS) is 14.3. The first-order valence-corrected chi connectivity index (χ1v) is 24.1. The molecule has 8 rings (SSSR count). The van der Waals surface area contributed by atoms with Crippen LogP contribution in [0.2, 0.25) is 0 Å². The van der Waals surface area contributed by atoms with Gasteiger partial charge >= 0.3 is 12.4 Å². The Balaban J connectivity index is 0.000000209. The lowest BCUT2D eigenvalue weighted by molar-refractivity contribution is -0.138. The quantitative estimate of drug-likeness (QED) is 0.0828. The molecule has 2 aliphatic heterocycles. The van der Waals surface area contributed by atoms with Crippen LogP contribution in [0.3, 0.4) is 0 Å². The Kier molecular flexibility index (Phi) is 15.9. The number of alkyl halides is 6. The summed E-state index contributed by atoms with van der Waals surface area (Å²) < 4.78 is 114. The van der Waals surface area contributed by atoms with E-state index in [1.165, 1.54) is 24.3 Å². The second-order valence-corrected chi connectivity index (χ2v) is 18.4. The van der Waals surface area contributed by atoms with Crippen LogP contribution >= 0.6 is 0 Å². The Morgan fingerprint density at radius 1 is 0.606 bits per heavy atom. The first-order valence-electron chi connectivity index (χ1n) is 22.2. The zero-order valence-corrected chi connectivity index (χ0v) is 39.7. The van der Waals surface area contributed by atoms with Crippen molar-refractivity contribution in [1.82, 2.24) is 19.9 Å². The molecule has 374 valence electrons. The molecule has 3 N–H and O–H groups in total. The van der Waals surface area contributed by atoms with Crippen molar-refractivity contribution in [3.63, 3.8) is 0 Å². The van der Waals surface area contributed by atoms with E-state index in [0.717, 1.165) is 53.0 Å². The second-order valence-electron chi connectivity index (χ2n) is 16.5. The molecule has 6 aromatic rings. The summed E-state index contributed by atoms with van der Waals surface area (Å²) >= 11 is 0. The molecule has 0 aliphatic carbocycles. The number of aromatic nitrogens is 4. The zero-order valence-electron chi connectivity index (χ0n) is 38.9. The van der Waals surface area contributed by atoms with Crippen LogP contribution in [0.25, 0.3) is 22.5 Å². The Morgan fingerprint density at radius 2 is 1.04 bits per heavy atom. The fraction of sp³-hybridized carbons (Fsp3) is 0.306. The van der Waals surface area contributed by atoms with Crippen LogP contribution in [-0.4, -0.2) is 106 Å². The maximum atomic E-state index is 13.0.